The Morgan fingerprint density at radius 3 is 2.88 bits per heavy atom. The number of anilines is 1. The Bertz CT molecular complexity index is 420. The van der Waals surface area contributed by atoms with Gasteiger partial charge in [0.05, 0.1) is 12.4 Å². The second-order valence-corrected chi connectivity index (χ2v) is 3.95. The molecule has 0 saturated carbocycles. The standard InChI is InChI=1S/C12H17N3O2/c1-13-6-9-3-4-11-10(5-9)15(8-14-2)12(16)7-17-11/h3-5,13-14H,6-8H2,1-2H3. The second kappa shape index (κ2) is 5.16. The summed E-state index contributed by atoms with van der Waals surface area (Å²) >= 11 is 0. The van der Waals surface area contributed by atoms with Crippen LogP contribution in [0.3, 0.4) is 0 Å². The van der Waals surface area contributed by atoms with Crippen LogP contribution in [0.15, 0.2) is 18.2 Å². The quantitative estimate of drug-likeness (QED) is 0.788. The van der Waals surface area contributed by atoms with Gasteiger partial charge in [-0.25, -0.2) is 0 Å². The maximum absolute atomic E-state index is 11.8. The van der Waals surface area contributed by atoms with Crippen LogP contribution in [0, 0.1) is 0 Å². The number of nitrogens with one attached hydrogen (secondary N) is 2. The van der Waals surface area contributed by atoms with Crippen molar-refractivity contribution < 1.29 is 9.53 Å². The second-order valence-electron chi connectivity index (χ2n) is 3.95. The lowest BCUT2D eigenvalue weighted by Crippen LogP contribution is -2.43. The first-order chi connectivity index (χ1) is 8.26. The average Bonchev–Trinajstić information content (AvgIpc) is 2.33. The Hall–Kier alpha value is -1.59. The highest BCUT2D eigenvalue weighted by atomic mass is 16.5. The summed E-state index contributed by atoms with van der Waals surface area (Å²) < 4.78 is 5.41. The molecule has 0 atom stereocenters. The molecular weight excluding hydrogens is 218 g/mol. The lowest BCUT2D eigenvalue weighted by atomic mass is 10.1. The molecule has 0 aromatic heterocycles. The fourth-order valence-electron chi connectivity index (χ4n) is 1.89. The van der Waals surface area contributed by atoms with E-state index in [4.69, 9.17) is 4.74 Å². The smallest absolute Gasteiger partial charge is 0.266 e. The molecule has 0 unspecified atom stereocenters. The van der Waals surface area contributed by atoms with E-state index in [1.54, 1.807) is 4.90 Å². The van der Waals surface area contributed by atoms with Crippen LogP contribution < -0.4 is 20.3 Å². The van der Waals surface area contributed by atoms with Gasteiger partial charge in [0.15, 0.2) is 6.61 Å². The van der Waals surface area contributed by atoms with Gasteiger partial charge in [-0.15, -0.1) is 0 Å². The molecule has 5 nitrogen and oxygen atoms in total. The molecule has 1 amide bonds. The Morgan fingerprint density at radius 2 is 2.18 bits per heavy atom. The van der Waals surface area contributed by atoms with Gasteiger partial charge >= 0.3 is 0 Å². The van der Waals surface area contributed by atoms with Crippen LogP contribution in [-0.2, 0) is 11.3 Å². The first-order valence-electron chi connectivity index (χ1n) is 5.61. The van der Waals surface area contributed by atoms with E-state index in [-0.39, 0.29) is 12.5 Å². The molecule has 2 rings (SSSR count). The first-order valence-corrected chi connectivity index (χ1v) is 5.61. The average molecular weight is 235 g/mol. The number of ether oxygens (including phenoxy) is 1. The molecule has 1 aromatic carbocycles. The molecule has 2 N–H and O–H groups in total. The summed E-state index contributed by atoms with van der Waals surface area (Å²) in [6.45, 7) is 1.38. The number of hydrogen-bond acceptors (Lipinski definition) is 4. The normalized spacial score (nSPS) is 14.5. The van der Waals surface area contributed by atoms with Crippen LogP contribution in [-0.4, -0.2) is 33.3 Å². The molecule has 0 aliphatic carbocycles. The van der Waals surface area contributed by atoms with Crippen molar-refractivity contribution in [3.8, 4) is 5.75 Å². The van der Waals surface area contributed by atoms with E-state index in [0.717, 1.165) is 23.5 Å². The number of nitrogens with zero attached hydrogens (tertiary/aromatic N) is 1. The molecule has 17 heavy (non-hydrogen) atoms. The number of carbonyl (C=O) groups excluding carboxylic acids is 1. The number of rotatable bonds is 4. The largest absolute Gasteiger partial charge is 0.482 e. The highest BCUT2D eigenvalue weighted by Crippen LogP contribution is 2.32. The van der Waals surface area contributed by atoms with E-state index < -0.39 is 0 Å². The number of amides is 1. The number of benzene rings is 1. The van der Waals surface area contributed by atoms with Crippen molar-refractivity contribution in [3.05, 3.63) is 23.8 Å². The zero-order valence-electron chi connectivity index (χ0n) is 10.1. The molecule has 0 saturated heterocycles. The minimum absolute atomic E-state index is 0.0199. The lowest BCUT2D eigenvalue weighted by molar-refractivity contribution is -0.121. The van der Waals surface area contributed by atoms with Gasteiger partial charge in [0.2, 0.25) is 0 Å². The minimum atomic E-state index is -0.0199. The topological polar surface area (TPSA) is 53.6 Å². The monoisotopic (exact) mass is 235 g/mol. The van der Waals surface area contributed by atoms with Crippen molar-refractivity contribution >= 4 is 11.6 Å². The summed E-state index contributed by atoms with van der Waals surface area (Å²) in [4.78, 5) is 13.5. The van der Waals surface area contributed by atoms with E-state index in [1.165, 1.54) is 0 Å². The Morgan fingerprint density at radius 1 is 1.35 bits per heavy atom. The summed E-state index contributed by atoms with van der Waals surface area (Å²) in [5, 5.41) is 6.08. The van der Waals surface area contributed by atoms with E-state index in [9.17, 15) is 4.79 Å². The first kappa shape index (κ1) is 11.9. The highest BCUT2D eigenvalue weighted by Gasteiger charge is 2.24. The fraction of sp³-hybridized carbons (Fsp3) is 0.417. The summed E-state index contributed by atoms with van der Waals surface area (Å²) in [7, 11) is 3.71. The number of carbonyl (C=O) groups is 1. The molecule has 0 bridgehead atoms. The number of hydrogen-bond donors (Lipinski definition) is 2. The van der Waals surface area contributed by atoms with Crippen LogP contribution in [0.2, 0.25) is 0 Å². The van der Waals surface area contributed by atoms with Crippen LogP contribution >= 0.6 is 0 Å². The molecule has 5 heteroatoms. The summed E-state index contributed by atoms with van der Waals surface area (Å²) in [6, 6.07) is 5.90. The third kappa shape index (κ3) is 2.40. The molecule has 0 spiro atoms. The fourth-order valence-corrected chi connectivity index (χ4v) is 1.89. The molecule has 0 fully saturated rings. The van der Waals surface area contributed by atoms with Crippen molar-refractivity contribution in [2.45, 2.75) is 6.54 Å². The van der Waals surface area contributed by atoms with Gasteiger partial charge in [0, 0.05) is 6.54 Å². The Kier molecular flexibility index (Phi) is 3.61. The van der Waals surface area contributed by atoms with Gasteiger partial charge in [-0.2, -0.15) is 0 Å². The van der Waals surface area contributed by atoms with Crippen molar-refractivity contribution in [2.75, 3.05) is 32.3 Å². The van der Waals surface area contributed by atoms with Crippen LogP contribution in [0.4, 0.5) is 5.69 Å². The van der Waals surface area contributed by atoms with E-state index in [0.29, 0.717) is 6.67 Å². The van der Waals surface area contributed by atoms with E-state index in [2.05, 4.69) is 10.6 Å². The summed E-state index contributed by atoms with van der Waals surface area (Å²) in [5.41, 5.74) is 1.97. The predicted molar refractivity (Wildman–Crippen MR) is 66.1 cm³/mol. The Balaban J connectivity index is 2.34. The third-order valence-corrected chi connectivity index (χ3v) is 2.66. The van der Waals surface area contributed by atoms with Gasteiger partial charge in [0.1, 0.15) is 5.75 Å². The van der Waals surface area contributed by atoms with Gasteiger partial charge in [-0.05, 0) is 31.8 Å². The zero-order chi connectivity index (χ0) is 12.3. The molecular formula is C12H17N3O2. The summed E-state index contributed by atoms with van der Waals surface area (Å²) in [5.74, 6) is 0.744. The van der Waals surface area contributed by atoms with Gasteiger partial charge < -0.3 is 15.4 Å². The van der Waals surface area contributed by atoms with Crippen LogP contribution in [0.1, 0.15) is 5.56 Å². The minimum Gasteiger partial charge on any atom is -0.482 e. The maximum atomic E-state index is 11.8. The van der Waals surface area contributed by atoms with Crippen LogP contribution in [0.25, 0.3) is 0 Å². The van der Waals surface area contributed by atoms with E-state index >= 15 is 0 Å². The molecule has 92 valence electrons. The predicted octanol–water partition coefficient (Wildman–Crippen LogP) is 0.308. The lowest BCUT2D eigenvalue weighted by Gasteiger charge is -2.29. The third-order valence-electron chi connectivity index (χ3n) is 2.66. The highest BCUT2D eigenvalue weighted by molar-refractivity contribution is 5.97. The molecule has 1 aliphatic rings. The Labute approximate surface area is 101 Å². The maximum Gasteiger partial charge on any atom is 0.266 e. The molecule has 0 radical (unpaired) electrons. The molecule has 1 aromatic rings. The molecule has 1 heterocycles. The van der Waals surface area contributed by atoms with Gasteiger partial charge in [-0.1, -0.05) is 6.07 Å². The van der Waals surface area contributed by atoms with Crippen LogP contribution in [0.5, 0.6) is 5.75 Å². The van der Waals surface area contributed by atoms with Crippen molar-refractivity contribution in [2.24, 2.45) is 0 Å². The van der Waals surface area contributed by atoms with Gasteiger partial charge in [-0.3, -0.25) is 9.69 Å². The van der Waals surface area contributed by atoms with E-state index in [1.807, 2.05) is 32.3 Å². The zero-order valence-corrected chi connectivity index (χ0v) is 10.1. The van der Waals surface area contributed by atoms with Gasteiger partial charge in [0.25, 0.3) is 5.91 Å². The summed E-state index contributed by atoms with van der Waals surface area (Å²) in [6.07, 6.45) is 0. The number of fused-ring (bicyclic) bond motifs is 1. The van der Waals surface area contributed by atoms with Crippen molar-refractivity contribution in [3.63, 3.8) is 0 Å². The SMILES string of the molecule is CNCc1ccc2c(c1)N(CNC)C(=O)CO2. The van der Waals surface area contributed by atoms with Crippen molar-refractivity contribution in [1.29, 1.82) is 0 Å². The molecule has 1 aliphatic heterocycles. The van der Waals surface area contributed by atoms with Crippen molar-refractivity contribution in [1.82, 2.24) is 10.6 Å².